The Hall–Kier alpha value is -3.22. The normalized spacial score (nSPS) is 18.9. The van der Waals surface area contributed by atoms with Crippen molar-refractivity contribution in [2.75, 3.05) is 0 Å². The third-order valence-corrected chi connectivity index (χ3v) is 5.01. The van der Waals surface area contributed by atoms with E-state index in [-0.39, 0.29) is 17.3 Å². The first kappa shape index (κ1) is 18.2. The second-order valence-corrected chi connectivity index (χ2v) is 7.50. The number of carbonyl (C=O) groups is 1. The maximum absolute atomic E-state index is 12.7. The van der Waals surface area contributed by atoms with Crippen molar-refractivity contribution < 1.29 is 9.21 Å². The Bertz CT molecular complexity index is 1130. The minimum absolute atomic E-state index is 0.160. The number of nitrogens with one attached hydrogen (secondary N) is 1. The number of aromatic nitrogens is 2. The zero-order chi connectivity index (χ0) is 19.8. The highest BCUT2D eigenvalue weighted by Gasteiger charge is 2.36. The van der Waals surface area contributed by atoms with Gasteiger partial charge in [-0.2, -0.15) is 10.2 Å². The fraction of sp³-hybridized carbons (Fsp3) is 0.333. The smallest absolute Gasteiger partial charge is 0.292 e. The number of carbonyl (C=O) groups excluding carboxylic acids is 1. The predicted octanol–water partition coefficient (Wildman–Crippen LogP) is 3.46. The molecule has 2 heterocycles. The average Bonchev–Trinajstić information content (AvgIpc) is 3.22. The van der Waals surface area contributed by atoms with Crippen molar-refractivity contribution in [3.63, 3.8) is 0 Å². The quantitative estimate of drug-likeness (QED) is 0.544. The van der Waals surface area contributed by atoms with Crippen molar-refractivity contribution in [3.05, 3.63) is 64.0 Å². The van der Waals surface area contributed by atoms with E-state index in [0.29, 0.717) is 28.4 Å². The molecule has 2 aromatic heterocycles. The molecule has 144 valence electrons. The zero-order valence-corrected chi connectivity index (χ0v) is 16.0. The average molecular weight is 378 g/mol. The van der Waals surface area contributed by atoms with Crippen molar-refractivity contribution in [2.45, 2.75) is 39.2 Å². The van der Waals surface area contributed by atoms with Gasteiger partial charge in [-0.3, -0.25) is 9.59 Å². The first-order valence-corrected chi connectivity index (χ1v) is 9.40. The second kappa shape index (κ2) is 7.07. The Kier molecular flexibility index (Phi) is 4.58. The third kappa shape index (κ3) is 3.35. The summed E-state index contributed by atoms with van der Waals surface area (Å²) in [5.74, 6) is 2.21. The molecule has 28 heavy (non-hydrogen) atoms. The minimum atomic E-state index is -0.482. The summed E-state index contributed by atoms with van der Waals surface area (Å²) in [5.41, 5.74) is 2.42. The summed E-state index contributed by atoms with van der Waals surface area (Å²) in [6.07, 6.45) is 2.61. The summed E-state index contributed by atoms with van der Waals surface area (Å²) in [7, 11) is 0. The van der Waals surface area contributed by atoms with Crippen molar-refractivity contribution in [1.82, 2.24) is 15.2 Å². The molecule has 4 rings (SSSR count). The molecule has 0 radical (unpaired) electrons. The van der Waals surface area contributed by atoms with Crippen molar-refractivity contribution in [2.24, 2.45) is 11.0 Å². The summed E-state index contributed by atoms with van der Waals surface area (Å²) in [4.78, 5) is 25.2. The molecule has 0 unspecified atom stereocenters. The number of nitrogens with zero attached hydrogens (tertiary/aromatic N) is 3. The maximum Gasteiger partial charge on any atom is 0.292 e. The number of benzene rings is 1. The first-order valence-electron chi connectivity index (χ1n) is 9.40. The van der Waals surface area contributed by atoms with Gasteiger partial charge in [0.05, 0.1) is 17.6 Å². The van der Waals surface area contributed by atoms with Gasteiger partial charge in [-0.15, -0.1) is 0 Å². The largest absolute Gasteiger partial charge is 0.460 e. The Morgan fingerprint density at radius 3 is 2.68 bits per heavy atom. The van der Waals surface area contributed by atoms with Gasteiger partial charge in [0.15, 0.2) is 5.69 Å². The van der Waals surface area contributed by atoms with Crippen molar-refractivity contribution in [3.8, 4) is 0 Å². The van der Waals surface area contributed by atoms with Gasteiger partial charge in [-0.1, -0.05) is 25.1 Å². The lowest BCUT2D eigenvalue weighted by molar-refractivity contribution is 0.0949. The fourth-order valence-electron chi connectivity index (χ4n) is 3.29. The standard InChI is InChI=1S/C21H22N4O3/c1-12(2)25-21(27)16-7-5-4-6-15(16)19(24-25)20(26)23-22-11-14-8-9-18(28-14)17-10-13(17)3/h4-9,11-13,17H,10H2,1-3H3,(H,23,26)/b22-11-/t13-,17-/m0/s1. The number of amides is 1. The molecule has 1 aliphatic rings. The van der Waals surface area contributed by atoms with Gasteiger partial charge in [0.25, 0.3) is 11.5 Å². The summed E-state index contributed by atoms with van der Waals surface area (Å²) in [6.45, 7) is 5.88. The lowest BCUT2D eigenvalue weighted by atomic mass is 10.1. The van der Waals surface area contributed by atoms with Crippen LogP contribution in [-0.4, -0.2) is 21.9 Å². The van der Waals surface area contributed by atoms with Gasteiger partial charge in [-0.25, -0.2) is 10.1 Å². The third-order valence-electron chi connectivity index (χ3n) is 5.01. The fourth-order valence-corrected chi connectivity index (χ4v) is 3.29. The van der Waals surface area contributed by atoms with Gasteiger partial charge in [-0.05, 0) is 44.4 Å². The minimum Gasteiger partial charge on any atom is -0.460 e. The van der Waals surface area contributed by atoms with Crippen molar-refractivity contribution >= 4 is 22.9 Å². The van der Waals surface area contributed by atoms with Crippen LogP contribution in [-0.2, 0) is 0 Å². The van der Waals surface area contributed by atoms with Crippen LogP contribution in [0.2, 0.25) is 0 Å². The molecule has 3 aromatic rings. The van der Waals surface area contributed by atoms with Gasteiger partial charge >= 0.3 is 0 Å². The molecule has 0 bridgehead atoms. The summed E-state index contributed by atoms with van der Waals surface area (Å²) >= 11 is 0. The number of hydrogen-bond acceptors (Lipinski definition) is 5. The van der Waals surface area contributed by atoms with Crippen LogP contribution in [0.15, 0.2) is 50.7 Å². The molecular formula is C21H22N4O3. The SMILES string of the molecule is CC(C)n1nc(C(=O)N/N=C\c2ccc([C@H]3C[C@@H]3C)o2)c2ccccc2c1=O. The molecule has 1 fully saturated rings. The number of rotatable bonds is 5. The number of hydrogen-bond donors (Lipinski definition) is 1. The van der Waals surface area contributed by atoms with Crippen LogP contribution in [0.5, 0.6) is 0 Å². The molecule has 7 nitrogen and oxygen atoms in total. The van der Waals surface area contributed by atoms with Gasteiger partial charge in [0.2, 0.25) is 0 Å². The second-order valence-electron chi connectivity index (χ2n) is 7.50. The number of hydrazone groups is 1. The molecule has 0 aliphatic heterocycles. The van der Waals surface area contributed by atoms with Crippen LogP contribution < -0.4 is 11.0 Å². The highest BCUT2D eigenvalue weighted by molar-refractivity contribution is 6.04. The van der Waals surface area contributed by atoms with E-state index in [9.17, 15) is 9.59 Å². The highest BCUT2D eigenvalue weighted by Crippen LogP contribution is 2.47. The molecule has 2 atom stereocenters. The summed E-state index contributed by atoms with van der Waals surface area (Å²) < 4.78 is 7.06. The van der Waals surface area contributed by atoms with E-state index in [1.807, 2.05) is 26.0 Å². The Morgan fingerprint density at radius 2 is 2.00 bits per heavy atom. The molecule has 7 heteroatoms. The van der Waals surface area contributed by atoms with Gasteiger partial charge < -0.3 is 4.42 Å². The Labute approximate surface area is 162 Å². The summed E-state index contributed by atoms with van der Waals surface area (Å²) in [5, 5.41) is 9.21. The van der Waals surface area contributed by atoms with E-state index >= 15 is 0 Å². The van der Waals surface area contributed by atoms with E-state index < -0.39 is 5.91 Å². The highest BCUT2D eigenvalue weighted by atomic mass is 16.3. The summed E-state index contributed by atoms with van der Waals surface area (Å²) in [6, 6.07) is 10.6. The van der Waals surface area contributed by atoms with E-state index in [4.69, 9.17) is 4.42 Å². The molecule has 1 N–H and O–H groups in total. The van der Waals surface area contributed by atoms with Gasteiger partial charge in [0, 0.05) is 11.3 Å². The van der Waals surface area contributed by atoms with Crippen molar-refractivity contribution in [1.29, 1.82) is 0 Å². The monoisotopic (exact) mass is 378 g/mol. The molecule has 1 amide bonds. The lowest BCUT2D eigenvalue weighted by Crippen LogP contribution is -2.30. The molecule has 1 saturated carbocycles. The van der Waals surface area contributed by atoms with E-state index in [2.05, 4.69) is 22.5 Å². The van der Waals surface area contributed by atoms with Gasteiger partial charge in [0.1, 0.15) is 11.5 Å². The molecule has 0 saturated heterocycles. The predicted molar refractivity (Wildman–Crippen MR) is 107 cm³/mol. The van der Waals surface area contributed by atoms with Crippen LogP contribution in [0, 0.1) is 5.92 Å². The maximum atomic E-state index is 12.7. The molecule has 1 aliphatic carbocycles. The van der Waals surface area contributed by atoms with Crippen LogP contribution in [0.3, 0.4) is 0 Å². The Balaban J connectivity index is 1.58. The van der Waals surface area contributed by atoms with Crippen LogP contribution in [0.4, 0.5) is 0 Å². The molecular weight excluding hydrogens is 356 g/mol. The van der Waals surface area contributed by atoms with E-state index in [0.717, 1.165) is 12.2 Å². The first-order chi connectivity index (χ1) is 13.5. The number of fused-ring (bicyclic) bond motifs is 1. The topological polar surface area (TPSA) is 89.5 Å². The Morgan fingerprint density at radius 1 is 1.29 bits per heavy atom. The molecule has 0 spiro atoms. The molecule has 1 aromatic carbocycles. The van der Waals surface area contributed by atoms with Crippen LogP contribution in [0.1, 0.15) is 61.2 Å². The van der Waals surface area contributed by atoms with Crippen LogP contribution >= 0.6 is 0 Å². The number of furan rings is 1. The zero-order valence-electron chi connectivity index (χ0n) is 16.0. The van der Waals surface area contributed by atoms with Crippen LogP contribution in [0.25, 0.3) is 10.8 Å². The van der Waals surface area contributed by atoms with E-state index in [1.165, 1.54) is 10.9 Å². The lowest BCUT2D eigenvalue weighted by Gasteiger charge is -2.12. The van der Waals surface area contributed by atoms with E-state index in [1.54, 1.807) is 24.3 Å².